The number of nitrogens with zero attached hydrogens (tertiary/aromatic N) is 1. The van der Waals surface area contributed by atoms with Crippen molar-refractivity contribution in [3.8, 4) is 5.75 Å². The summed E-state index contributed by atoms with van der Waals surface area (Å²) in [6, 6.07) is 3.12. The lowest BCUT2D eigenvalue weighted by molar-refractivity contribution is -0.385. The van der Waals surface area contributed by atoms with Gasteiger partial charge in [-0.2, -0.15) is 0 Å². The summed E-state index contributed by atoms with van der Waals surface area (Å²) in [4.78, 5) is 99.1. The number of primary amides is 2. The topological polar surface area (TPSA) is 341 Å². The fraction of sp³-hybridized carbons (Fsp3) is 0.387. The van der Waals surface area contributed by atoms with Crippen LogP contribution < -0.4 is 43.8 Å². The molecule has 20 nitrogen and oxygen atoms in total. The lowest BCUT2D eigenvalue weighted by atomic mass is 10.0. The molecule has 0 fully saturated rings. The van der Waals surface area contributed by atoms with Gasteiger partial charge >= 0.3 is 5.69 Å². The maximum Gasteiger partial charge on any atom is 0.310 e. The number of phenols is 1. The van der Waals surface area contributed by atoms with Gasteiger partial charge in [0.1, 0.15) is 24.2 Å². The lowest BCUT2D eigenvalue weighted by Crippen LogP contribution is -2.61. The molecule has 0 aliphatic heterocycles. The number of aliphatic hydroxyl groups is 1. The first kappa shape index (κ1) is 40.9. The van der Waals surface area contributed by atoms with Crippen LogP contribution in [-0.4, -0.2) is 93.3 Å². The maximum absolute atomic E-state index is 13.4. The zero-order valence-corrected chi connectivity index (χ0v) is 27.9. The summed E-state index contributed by atoms with van der Waals surface area (Å²) in [5.41, 5.74) is 16.2. The second kappa shape index (κ2) is 18.5. The Morgan fingerprint density at radius 3 is 2.00 bits per heavy atom. The molecule has 13 N–H and O–H groups in total. The van der Waals surface area contributed by atoms with Gasteiger partial charge in [-0.15, -0.1) is 0 Å². The zero-order valence-electron chi connectivity index (χ0n) is 27.9. The second-order valence-electron chi connectivity index (χ2n) is 11.8. The number of nitrogen functional groups attached to an aromatic ring is 1. The van der Waals surface area contributed by atoms with Crippen LogP contribution in [0.3, 0.4) is 0 Å². The van der Waals surface area contributed by atoms with Crippen LogP contribution in [0.4, 0.5) is 11.4 Å². The molecule has 0 bridgehead atoms. The number of aliphatic hydroxyl groups excluding tert-OH is 1. The highest BCUT2D eigenvalue weighted by Gasteiger charge is 2.34. The fourth-order valence-electron chi connectivity index (χ4n) is 4.61. The molecule has 2 rings (SSSR count). The van der Waals surface area contributed by atoms with Crippen LogP contribution in [-0.2, 0) is 35.2 Å². The first-order valence-electron chi connectivity index (χ1n) is 15.4. The number of nitro benzene ring substituents is 1. The first-order valence-corrected chi connectivity index (χ1v) is 15.4. The standard InChI is InChI=1S/C31H41N9O11/c1-14(2)25(39-31(49)26(15(3)41)38-24(44)13-35-28(46)17-6-4-5-7-18(17)32)30(48)37-20(12-23(33)43)29(47)36-19(27(34)45)10-16-8-9-22(42)21(11-16)40(50)51/h4-9,11,14-15,19-20,25-26,41-42H,10,12-13,32H2,1-3H3,(H2,33,43)(H2,34,45)(H,35,46)(H,36,47)(H,37,48)(H,38,44)(H,39,49)/t15-,19+,20+,25+,26+/m1/s1. The molecule has 0 heterocycles. The highest BCUT2D eigenvalue weighted by molar-refractivity contribution is 6.01. The van der Waals surface area contributed by atoms with Crippen molar-refractivity contribution in [2.75, 3.05) is 12.3 Å². The zero-order chi connectivity index (χ0) is 38.6. The SMILES string of the molecule is CC(C)[C@H](NC(=O)[C@@H](NC(=O)CNC(=O)c1ccccc1N)[C@@H](C)O)C(=O)N[C@@H](CC(N)=O)C(=O)N[C@@H](Cc1ccc(O)c([N+](=O)[O-])c1)C(N)=O. The van der Waals surface area contributed by atoms with E-state index in [-0.39, 0.29) is 23.2 Å². The summed E-state index contributed by atoms with van der Waals surface area (Å²) in [5, 5.41) is 42.7. The maximum atomic E-state index is 13.4. The Morgan fingerprint density at radius 2 is 1.45 bits per heavy atom. The van der Waals surface area contributed by atoms with Crippen molar-refractivity contribution in [1.82, 2.24) is 26.6 Å². The third-order valence-corrected chi connectivity index (χ3v) is 7.32. The van der Waals surface area contributed by atoms with Crippen LogP contribution in [0.5, 0.6) is 5.75 Å². The van der Waals surface area contributed by atoms with E-state index in [9.17, 15) is 53.9 Å². The average molecular weight is 716 g/mol. The minimum absolute atomic E-state index is 0.109. The minimum atomic E-state index is -1.70. The van der Waals surface area contributed by atoms with Crippen molar-refractivity contribution in [2.24, 2.45) is 17.4 Å². The molecule has 20 heteroatoms. The van der Waals surface area contributed by atoms with E-state index < -0.39 is 107 Å². The van der Waals surface area contributed by atoms with Crippen LogP contribution in [0, 0.1) is 16.0 Å². The summed E-state index contributed by atoms with van der Waals surface area (Å²) in [7, 11) is 0. The Hall–Kier alpha value is -6.31. The number of amides is 7. The highest BCUT2D eigenvalue weighted by Crippen LogP contribution is 2.26. The Bertz CT molecular complexity index is 1670. The molecule has 0 aromatic heterocycles. The molecular formula is C31H41N9O11. The van der Waals surface area contributed by atoms with Crippen LogP contribution >= 0.6 is 0 Å². The summed E-state index contributed by atoms with van der Waals surface area (Å²) < 4.78 is 0. The molecule has 51 heavy (non-hydrogen) atoms. The van der Waals surface area contributed by atoms with E-state index in [0.717, 1.165) is 12.1 Å². The van der Waals surface area contributed by atoms with Crippen molar-refractivity contribution < 1.29 is 48.7 Å². The third kappa shape index (κ3) is 12.3. The van der Waals surface area contributed by atoms with Crippen molar-refractivity contribution in [1.29, 1.82) is 0 Å². The first-order chi connectivity index (χ1) is 23.8. The Kier molecular flexibility index (Phi) is 14.8. The molecule has 0 saturated heterocycles. The number of nitrogens with two attached hydrogens (primary N) is 3. The monoisotopic (exact) mass is 715 g/mol. The number of hydrogen-bond acceptors (Lipinski definition) is 12. The highest BCUT2D eigenvalue weighted by atomic mass is 16.6. The van der Waals surface area contributed by atoms with Crippen LogP contribution in [0.25, 0.3) is 0 Å². The van der Waals surface area contributed by atoms with Crippen molar-refractivity contribution in [3.63, 3.8) is 0 Å². The van der Waals surface area contributed by atoms with E-state index in [2.05, 4.69) is 26.6 Å². The van der Waals surface area contributed by atoms with Crippen molar-refractivity contribution >= 4 is 52.7 Å². The van der Waals surface area contributed by atoms with E-state index in [1.807, 2.05) is 0 Å². The lowest BCUT2D eigenvalue weighted by Gasteiger charge is -2.28. The van der Waals surface area contributed by atoms with Crippen LogP contribution in [0.1, 0.15) is 43.1 Å². The van der Waals surface area contributed by atoms with Crippen molar-refractivity contribution in [3.05, 3.63) is 63.7 Å². The number of phenolic OH excluding ortho intramolecular Hbond substituents is 1. The van der Waals surface area contributed by atoms with E-state index >= 15 is 0 Å². The van der Waals surface area contributed by atoms with Crippen LogP contribution in [0.2, 0.25) is 0 Å². The Labute approximate surface area is 291 Å². The largest absolute Gasteiger partial charge is 0.502 e. The number of aromatic hydroxyl groups is 1. The number of carbonyl (C=O) groups excluding carboxylic acids is 7. The summed E-state index contributed by atoms with van der Waals surface area (Å²) >= 11 is 0. The summed E-state index contributed by atoms with van der Waals surface area (Å²) in [5.74, 6) is -8.06. The summed E-state index contributed by atoms with van der Waals surface area (Å²) in [6.07, 6.45) is -2.63. The van der Waals surface area contributed by atoms with Gasteiger partial charge in [0.2, 0.25) is 35.4 Å². The van der Waals surface area contributed by atoms with Gasteiger partial charge < -0.3 is 54.0 Å². The van der Waals surface area contributed by atoms with Gasteiger partial charge in [-0.05, 0) is 36.6 Å². The van der Waals surface area contributed by atoms with E-state index in [1.54, 1.807) is 12.1 Å². The summed E-state index contributed by atoms with van der Waals surface area (Å²) in [6.45, 7) is 3.64. The van der Waals surface area contributed by atoms with Gasteiger partial charge in [0.05, 0.1) is 29.6 Å². The third-order valence-electron chi connectivity index (χ3n) is 7.32. The molecule has 0 unspecified atom stereocenters. The van der Waals surface area contributed by atoms with Gasteiger partial charge in [0, 0.05) is 18.2 Å². The van der Waals surface area contributed by atoms with Crippen LogP contribution in [0.15, 0.2) is 42.5 Å². The molecule has 0 aliphatic rings. The van der Waals surface area contributed by atoms with E-state index in [1.165, 1.54) is 39.0 Å². The predicted molar refractivity (Wildman–Crippen MR) is 179 cm³/mol. The number of nitrogens with one attached hydrogen (secondary N) is 5. The normalized spacial score (nSPS) is 13.7. The molecule has 276 valence electrons. The molecule has 5 atom stereocenters. The molecule has 0 radical (unpaired) electrons. The quantitative estimate of drug-likeness (QED) is 0.0425. The second-order valence-corrected chi connectivity index (χ2v) is 11.8. The molecule has 7 amide bonds. The van der Waals surface area contributed by atoms with Crippen molar-refractivity contribution in [2.45, 2.75) is 63.9 Å². The van der Waals surface area contributed by atoms with Gasteiger partial charge in [-0.25, -0.2) is 0 Å². The average Bonchev–Trinajstić information content (AvgIpc) is 3.04. The van der Waals surface area contributed by atoms with Gasteiger partial charge in [-0.3, -0.25) is 43.7 Å². The number of para-hydroxylation sites is 1. The van der Waals surface area contributed by atoms with Gasteiger partial charge in [0.25, 0.3) is 5.91 Å². The Morgan fingerprint density at radius 1 is 0.843 bits per heavy atom. The van der Waals surface area contributed by atoms with E-state index in [0.29, 0.717) is 0 Å². The van der Waals surface area contributed by atoms with Gasteiger partial charge in [0.15, 0.2) is 5.75 Å². The fourth-order valence-corrected chi connectivity index (χ4v) is 4.61. The molecule has 2 aromatic carbocycles. The minimum Gasteiger partial charge on any atom is -0.502 e. The number of nitro groups is 1. The molecule has 0 saturated carbocycles. The predicted octanol–water partition coefficient (Wildman–Crippen LogP) is -2.81. The number of benzene rings is 2. The molecule has 0 spiro atoms. The number of rotatable bonds is 18. The number of carbonyl (C=O) groups is 7. The van der Waals surface area contributed by atoms with E-state index in [4.69, 9.17) is 17.2 Å². The number of anilines is 1. The Balaban J connectivity index is 2.15. The smallest absolute Gasteiger partial charge is 0.310 e. The molecular weight excluding hydrogens is 674 g/mol. The molecule has 0 aliphatic carbocycles. The van der Waals surface area contributed by atoms with Gasteiger partial charge in [-0.1, -0.05) is 32.0 Å². The number of hydrogen-bond donors (Lipinski definition) is 10. The molecule has 2 aromatic rings.